The molecule has 1 amide bonds. The molecule has 4 N–H and O–H groups in total. The Morgan fingerprint density at radius 2 is 0.508 bits per heavy atom. The largest absolute Gasteiger partial charge is 0.394 e. The van der Waals surface area contributed by atoms with Gasteiger partial charge in [-0.1, -0.05) is 328 Å². The minimum atomic E-state index is -1.07. The Morgan fingerprint density at radius 1 is 0.317 bits per heavy atom. The van der Waals surface area contributed by atoms with Gasteiger partial charge in [0.25, 0.3) is 0 Å². The van der Waals surface area contributed by atoms with E-state index in [4.69, 9.17) is 0 Å². The smallest absolute Gasteiger partial charge is 0.249 e. The molecule has 0 aromatic carbocycles. The molecule has 378 valence electrons. The molecule has 0 saturated carbocycles. The fourth-order valence-electron chi connectivity index (χ4n) is 9.67. The third-order valence-corrected chi connectivity index (χ3v) is 14.2. The third kappa shape index (κ3) is 49.1. The summed E-state index contributed by atoms with van der Waals surface area (Å²) < 4.78 is 0. The van der Waals surface area contributed by atoms with Crippen LogP contribution in [-0.4, -0.2) is 46.1 Å². The molecule has 0 bridgehead atoms. The van der Waals surface area contributed by atoms with E-state index in [-0.39, 0.29) is 6.61 Å². The maximum Gasteiger partial charge on any atom is 0.249 e. The number of nitrogens with one attached hydrogen (secondary N) is 1. The zero-order valence-electron chi connectivity index (χ0n) is 43.3. The van der Waals surface area contributed by atoms with Gasteiger partial charge in [-0.25, -0.2) is 0 Å². The van der Waals surface area contributed by atoms with Crippen molar-refractivity contribution in [3.8, 4) is 0 Å². The Kier molecular flexibility index (Phi) is 53.4. The minimum absolute atomic E-state index is 0.307. The van der Waals surface area contributed by atoms with Crippen LogP contribution in [0.15, 0.2) is 0 Å². The summed E-state index contributed by atoms with van der Waals surface area (Å²) in [5.41, 5.74) is 0. The summed E-state index contributed by atoms with van der Waals surface area (Å²) in [5, 5.41) is 33.6. The Labute approximate surface area is 396 Å². The molecular weight excluding hydrogens is 775 g/mol. The lowest BCUT2D eigenvalue weighted by Gasteiger charge is -2.23. The zero-order chi connectivity index (χ0) is 45.8. The van der Waals surface area contributed by atoms with Crippen LogP contribution in [0, 0.1) is 0 Å². The van der Waals surface area contributed by atoms with Crippen LogP contribution in [0.5, 0.6) is 0 Å². The van der Waals surface area contributed by atoms with Crippen molar-refractivity contribution in [1.82, 2.24) is 5.32 Å². The highest BCUT2D eigenvalue weighted by atomic mass is 16.3. The van der Waals surface area contributed by atoms with Crippen molar-refractivity contribution in [2.45, 2.75) is 360 Å². The summed E-state index contributed by atoms with van der Waals surface area (Å²) in [4.78, 5) is 12.6. The first-order chi connectivity index (χ1) is 31.1. The van der Waals surface area contributed by atoms with Crippen molar-refractivity contribution >= 4 is 5.91 Å². The van der Waals surface area contributed by atoms with Crippen molar-refractivity contribution < 1.29 is 20.1 Å². The van der Waals surface area contributed by atoms with Gasteiger partial charge in [-0.2, -0.15) is 0 Å². The van der Waals surface area contributed by atoms with Gasteiger partial charge >= 0.3 is 0 Å². The SMILES string of the molecule is CCCCCCCCCCCCCCCCCCCCCCCCCCCCCCCCCC(O)C(=O)NC(CO)C(O)CCCCCCCCCCCCCCCCCCCC. The van der Waals surface area contributed by atoms with E-state index in [0.717, 1.165) is 32.1 Å². The van der Waals surface area contributed by atoms with E-state index in [9.17, 15) is 20.1 Å². The van der Waals surface area contributed by atoms with Crippen molar-refractivity contribution in [2.24, 2.45) is 0 Å². The maximum absolute atomic E-state index is 12.6. The molecule has 5 nitrogen and oxygen atoms in total. The van der Waals surface area contributed by atoms with Crippen LogP contribution in [0.2, 0.25) is 0 Å². The van der Waals surface area contributed by atoms with Crippen molar-refractivity contribution in [1.29, 1.82) is 0 Å². The summed E-state index contributed by atoms with van der Waals surface area (Å²) in [6.45, 7) is 4.28. The van der Waals surface area contributed by atoms with Gasteiger partial charge in [-0.05, 0) is 12.8 Å². The standard InChI is InChI=1S/C58H117NO4/c1-3-5-7-9-11-13-15-17-19-21-23-24-25-26-27-28-29-30-31-32-33-34-35-37-39-41-43-45-47-49-51-53-57(62)58(63)59-55(54-60)56(61)52-50-48-46-44-42-40-38-36-22-20-18-16-14-12-10-8-6-4-2/h55-57,60-62H,3-54H2,1-2H3,(H,59,63). The normalized spacial score (nSPS) is 13.2. The zero-order valence-corrected chi connectivity index (χ0v) is 43.3. The molecule has 0 aliphatic carbocycles. The number of carbonyl (C=O) groups is 1. The Hall–Kier alpha value is -0.650. The third-order valence-electron chi connectivity index (χ3n) is 14.2. The van der Waals surface area contributed by atoms with Crippen LogP contribution in [0.3, 0.4) is 0 Å². The average Bonchev–Trinajstić information content (AvgIpc) is 3.29. The van der Waals surface area contributed by atoms with Gasteiger partial charge < -0.3 is 20.6 Å². The van der Waals surface area contributed by atoms with E-state index in [2.05, 4.69) is 19.2 Å². The highest BCUT2D eigenvalue weighted by molar-refractivity contribution is 5.80. The summed E-state index contributed by atoms with van der Waals surface area (Å²) in [6, 6.07) is -0.707. The monoisotopic (exact) mass is 892 g/mol. The van der Waals surface area contributed by atoms with Gasteiger partial charge in [0.1, 0.15) is 6.10 Å². The van der Waals surface area contributed by atoms with Crippen molar-refractivity contribution in [3.05, 3.63) is 0 Å². The quantitative estimate of drug-likeness (QED) is 0.0458. The average molecular weight is 893 g/mol. The van der Waals surface area contributed by atoms with E-state index in [1.165, 1.54) is 283 Å². The number of aliphatic hydroxyl groups excluding tert-OH is 3. The predicted octanol–water partition coefficient (Wildman–Crippen LogP) is 18.1. The highest BCUT2D eigenvalue weighted by Crippen LogP contribution is 2.19. The highest BCUT2D eigenvalue weighted by Gasteiger charge is 2.23. The van der Waals surface area contributed by atoms with Crippen molar-refractivity contribution in [2.75, 3.05) is 6.61 Å². The lowest BCUT2D eigenvalue weighted by Crippen LogP contribution is -2.49. The number of carbonyl (C=O) groups excluding carboxylic acids is 1. The number of amides is 1. The van der Waals surface area contributed by atoms with Gasteiger partial charge in [0.2, 0.25) is 5.91 Å². The molecule has 0 heterocycles. The molecular formula is C58H117NO4. The summed E-state index contributed by atoms with van der Waals surface area (Å²) in [6.07, 6.45) is 65.9. The van der Waals surface area contributed by atoms with Crippen LogP contribution in [0.25, 0.3) is 0 Å². The van der Waals surface area contributed by atoms with Crippen LogP contribution in [0.4, 0.5) is 0 Å². The van der Waals surface area contributed by atoms with Gasteiger partial charge in [-0.3, -0.25) is 4.79 Å². The van der Waals surface area contributed by atoms with Crippen molar-refractivity contribution in [3.63, 3.8) is 0 Å². The Morgan fingerprint density at radius 3 is 0.714 bits per heavy atom. The molecule has 0 spiro atoms. The first-order valence-electron chi connectivity index (χ1n) is 29.3. The molecule has 0 rings (SSSR count). The Balaban J connectivity index is 3.45. The van der Waals surface area contributed by atoms with E-state index in [0.29, 0.717) is 12.8 Å². The number of aliphatic hydroxyl groups is 3. The first-order valence-corrected chi connectivity index (χ1v) is 29.3. The van der Waals surface area contributed by atoms with E-state index in [1.807, 2.05) is 0 Å². The molecule has 0 aliphatic rings. The second-order valence-corrected chi connectivity index (χ2v) is 20.6. The molecule has 0 fully saturated rings. The molecule has 0 aliphatic heterocycles. The fourth-order valence-corrected chi connectivity index (χ4v) is 9.67. The van der Waals surface area contributed by atoms with Gasteiger partial charge in [0.15, 0.2) is 0 Å². The summed E-state index contributed by atoms with van der Waals surface area (Å²) in [7, 11) is 0. The van der Waals surface area contributed by atoms with Gasteiger partial charge in [0, 0.05) is 0 Å². The van der Waals surface area contributed by atoms with E-state index >= 15 is 0 Å². The van der Waals surface area contributed by atoms with E-state index < -0.39 is 24.2 Å². The van der Waals surface area contributed by atoms with Crippen LogP contribution in [0.1, 0.15) is 341 Å². The first kappa shape index (κ1) is 62.4. The second-order valence-electron chi connectivity index (χ2n) is 20.6. The number of hydrogen-bond donors (Lipinski definition) is 4. The number of rotatable bonds is 55. The lowest BCUT2D eigenvalue weighted by atomic mass is 10.0. The lowest BCUT2D eigenvalue weighted by molar-refractivity contribution is -0.131. The van der Waals surface area contributed by atoms with Crippen LogP contribution < -0.4 is 5.32 Å². The summed E-state index contributed by atoms with van der Waals surface area (Å²) >= 11 is 0. The topological polar surface area (TPSA) is 89.8 Å². The molecule has 0 radical (unpaired) electrons. The second kappa shape index (κ2) is 54.0. The molecule has 5 heteroatoms. The number of unbranched alkanes of at least 4 members (excludes halogenated alkanes) is 47. The molecule has 63 heavy (non-hydrogen) atoms. The fraction of sp³-hybridized carbons (Fsp3) is 0.983. The molecule has 3 atom stereocenters. The molecule has 0 aromatic rings. The summed E-state index contributed by atoms with van der Waals surface area (Å²) in [5.74, 6) is -0.462. The molecule has 0 saturated heterocycles. The van der Waals surface area contributed by atoms with Crippen LogP contribution in [-0.2, 0) is 4.79 Å². The van der Waals surface area contributed by atoms with Gasteiger partial charge in [-0.15, -0.1) is 0 Å². The minimum Gasteiger partial charge on any atom is -0.394 e. The molecule has 0 aromatic heterocycles. The predicted molar refractivity (Wildman–Crippen MR) is 278 cm³/mol. The van der Waals surface area contributed by atoms with E-state index in [1.54, 1.807) is 0 Å². The Bertz CT molecular complexity index is 853. The maximum atomic E-state index is 12.6. The molecule has 3 unspecified atom stereocenters. The van der Waals surface area contributed by atoms with Crippen LogP contribution >= 0.6 is 0 Å². The van der Waals surface area contributed by atoms with Gasteiger partial charge in [0.05, 0.1) is 18.8 Å². The number of hydrogen-bond acceptors (Lipinski definition) is 4.